The second-order valence-corrected chi connectivity index (χ2v) is 6.48. The normalized spacial score (nSPS) is 17.3. The van der Waals surface area contributed by atoms with E-state index in [1.165, 1.54) is 0 Å². The third-order valence-corrected chi connectivity index (χ3v) is 4.02. The van der Waals surface area contributed by atoms with Crippen molar-refractivity contribution in [3.8, 4) is 11.5 Å². The van der Waals surface area contributed by atoms with Crippen LogP contribution in [0.1, 0.15) is 31.4 Å². The molecular formula is C15H23NO3S. The van der Waals surface area contributed by atoms with Gasteiger partial charge in [-0.3, -0.25) is 4.21 Å². The van der Waals surface area contributed by atoms with Gasteiger partial charge in [0.25, 0.3) is 0 Å². The number of fused-ring (bicyclic) bond motifs is 1. The summed E-state index contributed by atoms with van der Waals surface area (Å²) in [4.78, 5) is 0. The van der Waals surface area contributed by atoms with Gasteiger partial charge in [-0.2, -0.15) is 0 Å². The first-order valence-corrected chi connectivity index (χ1v) is 8.86. The Morgan fingerprint density at radius 1 is 1.30 bits per heavy atom. The van der Waals surface area contributed by atoms with Gasteiger partial charge in [-0.15, -0.1) is 0 Å². The maximum absolute atomic E-state index is 11.5. The first kappa shape index (κ1) is 15.3. The van der Waals surface area contributed by atoms with Crippen molar-refractivity contribution in [2.45, 2.75) is 25.8 Å². The Morgan fingerprint density at radius 2 is 2.05 bits per heavy atom. The molecule has 0 saturated heterocycles. The predicted molar refractivity (Wildman–Crippen MR) is 82.0 cm³/mol. The van der Waals surface area contributed by atoms with Gasteiger partial charge in [-0.1, -0.05) is 13.0 Å². The molecule has 0 fully saturated rings. The quantitative estimate of drug-likeness (QED) is 0.875. The summed E-state index contributed by atoms with van der Waals surface area (Å²) < 4.78 is 22.9. The average molecular weight is 297 g/mol. The highest BCUT2D eigenvalue weighted by Gasteiger charge is 2.17. The highest BCUT2D eigenvalue weighted by molar-refractivity contribution is 7.84. The molecule has 0 saturated carbocycles. The van der Waals surface area contributed by atoms with Crippen LogP contribution in [0.4, 0.5) is 0 Å². The Kier molecular flexibility index (Phi) is 5.86. The van der Waals surface area contributed by atoms with Crippen LogP contribution in [0.5, 0.6) is 11.5 Å². The van der Waals surface area contributed by atoms with Crippen molar-refractivity contribution in [3.63, 3.8) is 0 Å². The number of rotatable bonds is 6. The van der Waals surface area contributed by atoms with E-state index in [2.05, 4.69) is 12.2 Å². The van der Waals surface area contributed by atoms with E-state index < -0.39 is 10.8 Å². The summed E-state index contributed by atoms with van der Waals surface area (Å²) in [5.74, 6) is 2.21. The van der Waals surface area contributed by atoms with Gasteiger partial charge in [-0.25, -0.2) is 0 Å². The number of hydrogen-bond acceptors (Lipinski definition) is 4. The Bertz CT molecular complexity index is 464. The molecule has 4 nitrogen and oxygen atoms in total. The van der Waals surface area contributed by atoms with E-state index in [1.54, 1.807) is 6.26 Å². The maximum atomic E-state index is 11.5. The van der Waals surface area contributed by atoms with E-state index in [0.29, 0.717) is 19.0 Å². The van der Waals surface area contributed by atoms with Crippen LogP contribution in [0.15, 0.2) is 18.2 Å². The smallest absolute Gasteiger partial charge is 0.161 e. The zero-order valence-corrected chi connectivity index (χ0v) is 13.0. The molecule has 0 aromatic heterocycles. The molecule has 2 rings (SSSR count). The monoisotopic (exact) mass is 297 g/mol. The van der Waals surface area contributed by atoms with Crippen LogP contribution in [0.3, 0.4) is 0 Å². The zero-order chi connectivity index (χ0) is 14.4. The minimum atomic E-state index is -0.839. The molecule has 112 valence electrons. The van der Waals surface area contributed by atoms with Crippen molar-refractivity contribution >= 4 is 10.8 Å². The summed E-state index contributed by atoms with van der Waals surface area (Å²) in [6.07, 6.45) is 3.70. The number of hydrogen-bond donors (Lipinski definition) is 1. The molecule has 2 unspecified atom stereocenters. The van der Waals surface area contributed by atoms with E-state index in [1.807, 2.05) is 18.2 Å². The third kappa shape index (κ3) is 4.21. The molecule has 1 N–H and O–H groups in total. The molecule has 1 aliphatic heterocycles. The molecule has 1 heterocycles. The Morgan fingerprint density at radius 3 is 2.75 bits per heavy atom. The molecule has 0 radical (unpaired) electrons. The predicted octanol–water partition coefficient (Wildman–Crippen LogP) is 2.27. The zero-order valence-electron chi connectivity index (χ0n) is 12.2. The van der Waals surface area contributed by atoms with Gasteiger partial charge in [0.1, 0.15) is 0 Å². The van der Waals surface area contributed by atoms with Crippen LogP contribution in [-0.4, -0.2) is 36.0 Å². The molecule has 1 aliphatic rings. The summed E-state index contributed by atoms with van der Waals surface area (Å²) >= 11 is 0. The molecule has 1 aromatic rings. The topological polar surface area (TPSA) is 47.6 Å². The largest absolute Gasteiger partial charge is 0.490 e. The SMILES string of the molecule is CCCNC(CS(C)=O)c1ccc2c(c1)OCCCO2. The first-order chi connectivity index (χ1) is 9.70. The lowest BCUT2D eigenvalue weighted by Gasteiger charge is -2.19. The van der Waals surface area contributed by atoms with Crippen LogP contribution in [-0.2, 0) is 10.8 Å². The lowest BCUT2D eigenvalue weighted by atomic mass is 10.1. The van der Waals surface area contributed by atoms with E-state index in [4.69, 9.17) is 9.47 Å². The second-order valence-electron chi connectivity index (χ2n) is 5.00. The summed E-state index contributed by atoms with van der Waals surface area (Å²) in [5, 5.41) is 3.45. The Labute approximate surface area is 123 Å². The molecule has 20 heavy (non-hydrogen) atoms. The maximum Gasteiger partial charge on any atom is 0.161 e. The molecule has 5 heteroatoms. The fourth-order valence-corrected chi connectivity index (χ4v) is 3.00. The summed E-state index contributed by atoms with van der Waals surface area (Å²) in [5.41, 5.74) is 1.11. The fraction of sp³-hybridized carbons (Fsp3) is 0.600. The number of ether oxygens (including phenoxy) is 2. The van der Waals surface area contributed by atoms with Crippen molar-refractivity contribution in [2.24, 2.45) is 0 Å². The van der Waals surface area contributed by atoms with Crippen LogP contribution in [0.2, 0.25) is 0 Å². The lowest BCUT2D eigenvalue weighted by Crippen LogP contribution is -2.26. The average Bonchev–Trinajstić information content (AvgIpc) is 2.67. The first-order valence-electron chi connectivity index (χ1n) is 7.13. The van der Waals surface area contributed by atoms with Crippen LogP contribution < -0.4 is 14.8 Å². The lowest BCUT2D eigenvalue weighted by molar-refractivity contribution is 0.297. The minimum Gasteiger partial charge on any atom is -0.490 e. The van der Waals surface area contributed by atoms with E-state index in [9.17, 15) is 4.21 Å². The van der Waals surface area contributed by atoms with Gasteiger partial charge in [0.15, 0.2) is 11.5 Å². The molecule has 1 aromatic carbocycles. The van der Waals surface area contributed by atoms with Crippen LogP contribution >= 0.6 is 0 Å². The molecule has 0 bridgehead atoms. The van der Waals surface area contributed by atoms with Crippen molar-refractivity contribution in [3.05, 3.63) is 23.8 Å². The van der Waals surface area contributed by atoms with Crippen molar-refractivity contribution in [2.75, 3.05) is 31.8 Å². The molecule has 0 spiro atoms. The van der Waals surface area contributed by atoms with Gasteiger partial charge in [0, 0.05) is 35.3 Å². The minimum absolute atomic E-state index is 0.0953. The highest BCUT2D eigenvalue weighted by atomic mass is 32.2. The van der Waals surface area contributed by atoms with E-state index in [-0.39, 0.29) is 6.04 Å². The fourth-order valence-electron chi connectivity index (χ4n) is 2.22. The third-order valence-electron chi connectivity index (χ3n) is 3.22. The summed E-state index contributed by atoms with van der Waals surface area (Å²) in [6, 6.07) is 6.10. The molecular weight excluding hydrogens is 274 g/mol. The molecule has 0 aliphatic carbocycles. The Hall–Kier alpha value is -1.07. The van der Waals surface area contributed by atoms with Crippen molar-refractivity contribution in [1.29, 1.82) is 0 Å². The van der Waals surface area contributed by atoms with Gasteiger partial charge < -0.3 is 14.8 Å². The second kappa shape index (κ2) is 7.64. The molecule has 2 atom stereocenters. The van der Waals surface area contributed by atoms with E-state index >= 15 is 0 Å². The molecule has 0 amide bonds. The van der Waals surface area contributed by atoms with E-state index in [0.717, 1.165) is 36.4 Å². The van der Waals surface area contributed by atoms with Crippen molar-refractivity contribution < 1.29 is 13.7 Å². The number of nitrogens with one attached hydrogen (secondary N) is 1. The van der Waals surface area contributed by atoms with Crippen molar-refractivity contribution in [1.82, 2.24) is 5.32 Å². The summed E-state index contributed by atoms with van der Waals surface area (Å²) in [7, 11) is -0.839. The van der Waals surface area contributed by atoms with Gasteiger partial charge in [0.2, 0.25) is 0 Å². The van der Waals surface area contributed by atoms with Gasteiger partial charge in [-0.05, 0) is 30.7 Å². The Balaban J connectivity index is 2.19. The highest BCUT2D eigenvalue weighted by Crippen LogP contribution is 2.32. The van der Waals surface area contributed by atoms with Crippen LogP contribution in [0, 0.1) is 0 Å². The van der Waals surface area contributed by atoms with Gasteiger partial charge in [0.05, 0.1) is 13.2 Å². The van der Waals surface area contributed by atoms with Gasteiger partial charge >= 0.3 is 0 Å². The summed E-state index contributed by atoms with van der Waals surface area (Å²) in [6.45, 7) is 4.42. The number of benzene rings is 1. The standard InChI is InChI=1S/C15H23NO3S/c1-3-7-16-13(11-20(2)17)12-5-6-14-15(10-12)19-9-4-8-18-14/h5-6,10,13,16H,3-4,7-9,11H2,1-2H3. The van der Waals surface area contributed by atoms with Crippen LogP contribution in [0.25, 0.3) is 0 Å².